The summed E-state index contributed by atoms with van der Waals surface area (Å²) in [4.78, 5) is 31.6. The van der Waals surface area contributed by atoms with Crippen LogP contribution in [0.5, 0.6) is 0 Å². The fourth-order valence-corrected chi connectivity index (χ4v) is 4.74. The molecular weight excluding hydrogens is 417 g/mol. The number of β-amino-alcohol motifs (C(OH)–C–C–N with tert-alkyl or cyclic N) is 1. The fourth-order valence-electron chi connectivity index (χ4n) is 4.74. The van der Waals surface area contributed by atoms with Gasteiger partial charge in [-0.2, -0.15) is 0 Å². The Bertz CT molecular complexity index is 817. The van der Waals surface area contributed by atoms with Crippen molar-refractivity contribution in [1.29, 1.82) is 0 Å². The maximum Gasteiger partial charge on any atom is 0.257 e. The van der Waals surface area contributed by atoms with Crippen LogP contribution in [0.3, 0.4) is 0 Å². The van der Waals surface area contributed by atoms with Crippen LogP contribution in [0.25, 0.3) is 0 Å². The Labute approximate surface area is 187 Å². The zero-order valence-electron chi connectivity index (χ0n) is 18.5. The van der Waals surface area contributed by atoms with E-state index in [2.05, 4.69) is 4.90 Å². The highest BCUT2D eigenvalue weighted by Gasteiger charge is 2.41. The molecule has 0 aromatic heterocycles. The zero-order chi connectivity index (χ0) is 22.7. The minimum absolute atomic E-state index is 0.0210. The van der Waals surface area contributed by atoms with Crippen molar-refractivity contribution in [2.24, 2.45) is 0 Å². The number of aliphatic hydroxyl groups excluding tert-OH is 1. The number of nitrogens with zero attached hydrogens (tertiary/aromatic N) is 3. The monoisotopic (exact) mass is 449 g/mol. The summed E-state index contributed by atoms with van der Waals surface area (Å²) in [6.45, 7) is 3.50. The van der Waals surface area contributed by atoms with Crippen molar-refractivity contribution < 1.29 is 28.6 Å². The van der Waals surface area contributed by atoms with Gasteiger partial charge in [0.2, 0.25) is 5.91 Å². The fraction of sp³-hybridized carbons (Fsp3) is 0.652. The second-order valence-electron chi connectivity index (χ2n) is 8.96. The summed E-state index contributed by atoms with van der Waals surface area (Å²) in [6, 6.07) is 5.51. The molecule has 1 aromatic carbocycles. The normalized spacial score (nSPS) is 29.7. The van der Waals surface area contributed by atoms with Crippen molar-refractivity contribution in [2.45, 2.75) is 43.6 Å². The predicted molar refractivity (Wildman–Crippen MR) is 115 cm³/mol. The Morgan fingerprint density at radius 2 is 1.88 bits per heavy atom. The summed E-state index contributed by atoms with van der Waals surface area (Å²) >= 11 is 0. The molecule has 32 heavy (non-hydrogen) atoms. The topological polar surface area (TPSA) is 82.6 Å². The van der Waals surface area contributed by atoms with Gasteiger partial charge in [0.05, 0.1) is 43.4 Å². The van der Waals surface area contributed by atoms with E-state index in [0.717, 1.165) is 26.2 Å². The standard InChI is InChI=1S/C23H32FN3O5/c1-25-8-10-26(11-9-25)22(29)12-17-6-7-20-21(32-17)15-31-14-16(28)13-27(20)23(30)18-4-2-3-5-19(18)24/h2-5,16-17,20-21,28H,6-15H2,1H3/t16-,17-,20-,21+/m0/s1. The van der Waals surface area contributed by atoms with Crippen LogP contribution in [0.15, 0.2) is 24.3 Å². The third-order valence-electron chi connectivity index (χ3n) is 6.60. The maximum absolute atomic E-state index is 14.3. The molecule has 3 saturated heterocycles. The number of rotatable bonds is 3. The van der Waals surface area contributed by atoms with Crippen molar-refractivity contribution in [3.05, 3.63) is 35.6 Å². The smallest absolute Gasteiger partial charge is 0.257 e. The molecule has 0 bridgehead atoms. The van der Waals surface area contributed by atoms with Crippen LogP contribution in [0.2, 0.25) is 0 Å². The molecule has 3 heterocycles. The van der Waals surface area contributed by atoms with E-state index in [1.165, 1.54) is 23.1 Å². The Balaban J connectivity index is 1.44. The first-order chi connectivity index (χ1) is 15.4. The Morgan fingerprint density at radius 3 is 2.62 bits per heavy atom. The minimum atomic E-state index is -0.858. The third kappa shape index (κ3) is 5.28. The number of carbonyl (C=O) groups excluding carboxylic acids is 2. The number of halogens is 1. The first-order valence-corrected chi connectivity index (χ1v) is 11.4. The molecule has 0 aliphatic carbocycles. The Kier molecular flexibility index (Phi) is 7.40. The van der Waals surface area contributed by atoms with Crippen LogP contribution in [0, 0.1) is 5.82 Å². The molecule has 0 radical (unpaired) electrons. The van der Waals surface area contributed by atoms with Crippen molar-refractivity contribution in [3.8, 4) is 0 Å². The van der Waals surface area contributed by atoms with Gasteiger partial charge in [-0.3, -0.25) is 9.59 Å². The highest BCUT2D eigenvalue weighted by Crippen LogP contribution is 2.29. The average molecular weight is 450 g/mol. The number of aliphatic hydroxyl groups is 1. The van der Waals surface area contributed by atoms with Crippen LogP contribution in [0.4, 0.5) is 4.39 Å². The largest absolute Gasteiger partial charge is 0.389 e. The highest BCUT2D eigenvalue weighted by atomic mass is 19.1. The first kappa shape index (κ1) is 23.1. The molecule has 4 atom stereocenters. The number of piperazine rings is 1. The van der Waals surface area contributed by atoms with Gasteiger partial charge in [0.25, 0.3) is 5.91 Å². The van der Waals surface area contributed by atoms with E-state index in [-0.39, 0.29) is 43.4 Å². The van der Waals surface area contributed by atoms with Crippen LogP contribution in [0.1, 0.15) is 29.6 Å². The van der Waals surface area contributed by atoms with Crippen LogP contribution < -0.4 is 0 Å². The molecule has 2 amide bonds. The molecule has 3 aliphatic rings. The zero-order valence-corrected chi connectivity index (χ0v) is 18.5. The molecular formula is C23H32FN3O5. The van der Waals surface area contributed by atoms with E-state index < -0.39 is 23.9 Å². The summed E-state index contributed by atoms with van der Waals surface area (Å²) in [5.74, 6) is -0.966. The molecule has 3 fully saturated rings. The average Bonchev–Trinajstić information content (AvgIpc) is 2.77. The van der Waals surface area contributed by atoms with Crippen molar-refractivity contribution in [2.75, 3.05) is 53.0 Å². The Morgan fingerprint density at radius 1 is 1.12 bits per heavy atom. The van der Waals surface area contributed by atoms with E-state index in [9.17, 15) is 19.1 Å². The molecule has 8 nitrogen and oxygen atoms in total. The molecule has 0 unspecified atom stereocenters. The van der Waals surface area contributed by atoms with Crippen molar-refractivity contribution in [3.63, 3.8) is 0 Å². The quantitative estimate of drug-likeness (QED) is 0.733. The number of likely N-dealkylation sites (N-methyl/N-ethyl adjacent to an activating group) is 1. The van der Waals surface area contributed by atoms with Gasteiger partial charge in [0.15, 0.2) is 0 Å². The molecule has 0 saturated carbocycles. The van der Waals surface area contributed by atoms with Gasteiger partial charge in [-0.05, 0) is 32.0 Å². The second kappa shape index (κ2) is 10.2. The summed E-state index contributed by atoms with van der Waals surface area (Å²) in [5.41, 5.74) is -0.0210. The number of fused-ring (bicyclic) bond motifs is 1. The summed E-state index contributed by atoms with van der Waals surface area (Å²) in [5, 5.41) is 10.3. The number of ether oxygens (including phenoxy) is 2. The van der Waals surface area contributed by atoms with E-state index in [1.807, 2.05) is 11.9 Å². The lowest BCUT2D eigenvalue weighted by molar-refractivity contribution is -0.155. The number of amides is 2. The van der Waals surface area contributed by atoms with Gasteiger partial charge in [-0.25, -0.2) is 4.39 Å². The SMILES string of the molecule is CN1CCN(C(=O)C[C@@H]2CC[C@H]3[C@@H](COC[C@@H](O)CN3C(=O)c3ccccc3F)O2)CC1. The molecule has 1 aromatic rings. The number of benzene rings is 1. The molecule has 1 N–H and O–H groups in total. The summed E-state index contributed by atoms with van der Waals surface area (Å²) < 4.78 is 26.1. The van der Waals surface area contributed by atoms with Gasteiger partial charge in [-0.1, -0.05) is 12.1 Å². The van der Waals surface area contributed by atoms with Gasteiger partial charge in [-0.15, -0.1) is 0 Å². The van der Waals surface area contributed by atoms with E-state index in [4.69, 9.17) is 9.47 Å². The lowest BCUT2D eigenvalue weighted by atomic mass is 9.94. The third-order valence-corrected chi connectivity index (χ3v) is 6.60. The predicted octanol–water partition coefficient (Wildman–Crippen LogP) is 0.739. The number of hydrogen-bond donors (Lipinski definition) is 1. The van der Waals surface area contributed by atoms with Crippen LogP contribution in [-0.2, 0) is 14.3 Å². The van der Waals surface area contributed by atoms with Crippen molar-refractivity contribution >= 4 is 11.8 Å². The maximum atomic E-state index is 14.3. The second-order valence-corrected chi connectivity index (χ2v) is 8.96. The van der Waals surface area contributed by atoms with Crippen LogP contribution in [-0.4, -0.2) is 109 Å². The van der Waals surface area contributed by atoms with Gasteiger partial charge in [0, 0.05) is 32.7 Å². The van der Waals surface area contributed by atoms with E-state index in [0.29, 0.717) is 19.3 Å². The van der Waals surface area contributed by atoms with Crippen LogP contribution >= 0.6 is 0 Å². The van der Waals surface area contributed by atoms with E-state index >= 15 is 0 Å². The van der Waals surface area contributed by atoms with Crippen molar-refractivity contribution in [1.82, 2.24) is 14.7 Å². The lowest BCUT2D eigenvalue weighted by Crippen LogP contribution is -2.57. The number of hydrogen-bond acceptors (Lipinski definition) is 6. The summed E-state index contributed by atoms with van der Waals surface area (Å²) in [6.07, 6.45) is -0.0294. The van der Waals surface area contributed by atoms with Gasteiger partial charge < -0.3 is 29.3 Å². The molecule has 9 heteroatoms. The number of carbonyl (C=O) groups is 2. The Hall–Kier alpha value is -2.07. The molecule has 176 valence electrons. The van der Waals surface area contributed by atoms with Gasteiger partial charge in [0.1, 0.15) is 11.9 Å². The molecule has 0 spiro atoms. The highest BCUT2D eigenvalue weighted by molar-refractivity contribution is 5.94. The first-order valence-electron chi connectivity index (χ1n) is 11.4. The molecule has 4 rings (SSSR count). The summed E-state index contributed by atoms with van der Waals surface area (Å²) in [7, 11) is 2.05. The molecule has 3 aliphatic heterocycles. The minimum Gasteiger partial charge on any atom is -0.389 e. The van der Waals surface area contributed by atoms with Gasteiger partial charge >= 0.3 is 0 Å². The lowest BCUT2D eigenvalue weighted by Gasteiger charge is -2.44. The van der Waals surface area contributed by atoms with E-state index in [1.54, 1.807) is 6.07 Å².